The van der Waals surface area contributed by atoms with Crippen LogP contribution in [0.25, 0.3) is 0 Å². The van der Waals surface area contributed by atoms with E-state index in [4.69, 9.17) is 21.1 Å². The van der Waals surface area contributed by atoms with Crippen LogP contribution in [0.1, 0.15) is 17.2 Å². The first-order chi connectivity index (χ1) is 9.56. The molecule has 0 aliphatic heterocycles. The minimum Gasteiger partial charge on any atom is -0.497 e. The Labute approximate surface area is 131 Å². The van der Waals surface area contributed by atoms with E-state index in [-0.39, 0.29) is 0 Å². The summed E-state index contributed by atoms with van der Waals surface area (Å²) in [5.41, 5.74) is 1.33. The van der Waals surface area contributed by atoms with Crippen LogP contribution in [0.5, 0.6) is 11.5 Å². The first-order valence-electron chi connectivity index (χ1n) is 5.91. The number of methoxy groups -OCH3 is 2. The average Bonchev–Trinajstić information content (AvgIpc) is 2.48. The molecule has 2 aromatic carbocycles. The van der Waals surface area contributed by atoms with Crippen molar-refractivity contribution in [3.63, 3.8) is 0 Å². The summed E-state index contributed by atoms with van der Waals surface area (Å²) in [5, 5.41) is 11.1. The van der Waals surface area contributed by atoms with Gasteiger partial charge in [-0.15, -0.1) is 0 Å². The fraction of sp³-hybridized carbons (Fsp3) is 0.200. The normalized spacial score (nSPS) is 12.1. The van der Waals surface area contributed by atoms with Crippen molar-refractivity contribution in [2.45, 2.75) is 6.10 Å². The zero-order chi connectivity index (χ0) is 14.7. The molecule has 0 radical (unpaired) electrons. The van der Waals surface area contributed by atoms with Crippen molar-refractivity contribution in [3.8, 4) is 11.5 Å². The monoisotopic (exact) mass is 356 g/mol. The van der Waals surface area contributed by atoms with E-state index in [9.17, 15) is 5.11 Å². The van der Waals surface area contributed by atoms with Gasteiger partial charge in [-0.1, -0.05) is 27.5 Å². The molecule has 1 unspecified atom stereocenters. The SMILES string of the molecule is COc1ccc(C(O)c2cc(Cl)ccc2Br)c(OC)c1. The van der Waals surface area contributed by atoms with Crippen LogP contribution in [0.3, 0.4) is 0 Å². The van der Waals surface area contributed by atoms with Crippen LogP contribution in [0, 0.1) is 0 Å². The van der Waals surface area contributed by atoms with Gasteiger partial charge < -0.3 is 14.6 Å². The van der Waals surface area contributed by atoms with Gasteiger partial charge in [0.2, 0.25) is 0 Å². The molecule has 5 heteroatoms. The molecule has 2 rings (SSSR count). The second-order valence-electron chi connectivity index (χ2n) is 4.18. The largest absolute Gasteiger partial charge is 0.497 e. The molecule has 0 saturated heterocycles. The van der Waals surface area contributed by atoms with Crippen LogP contribution in [0.4, 0.5) is 0 Å². The molecule has 0 fully saturated rings. The molecule has 0 spiro atoms. The van der Waals surface area contributed by atoms with Crippen molar-refractivity contribution in [2.24, 2.45) is 0 Å². The maximum Gasteiger partial charge on any atom is 0.128 e. The van der Waals surface area contributed by atoms with Gasteiger partial charge in [-0.2, -0.15) is 0 Å². The molecule has 0 heterocycles. The number of aliphatic hydroxyl groups excluding tert-OH is 1. The lowest BCUT2D eigenvalue weighted by Gasteiger charge is -2.17. The van der Waals surface area contributed by atoms with Gasteiger partial charge in [0, 0.05) is 26.7 Å². The molecule has 2 aromatic rings. The second-order valence-corrected chi connectivity index (χ2v) is 5.47. The van der Waals surface area contributed by atoms with Gasteiger partial charge in [0.15, 0.2) is 0 Å². The summed E-state index contributed by atoms with van der Waals surface area (Å²) in [7, 11) is 3.14. The minimum atomic E-state index is -0.844. The molecule has 0 aromatic heterocycles. The van der Waals surface area contributed by atoms with E-state index < -0.39 is 6.10 Å². The summed E-state index contributed by atoms with van der Waals surface area (Å²) in [4.78, 5) is 0. The van der Waals surface area contributed by atoms with Crippen LogP contribution in [-0.4, -0.2) is 19.3 Å². The molecular formula is C15H14BrClO3. The zero-order valence-electron chi connectivity index (χ0n) is 11.1. The average molecular weight is 358 g/mol. The topological polar surface area (TPSA) is 38.7 Å². The Balaban J connectivity index is 2.47. The molecule has 0 bridgehead atoms. The Morgan fingerprint density at radius 2 is 1.80 bits per heavy atom. The number of hydrogen-bond acceptors (Lipinski definition) is 3. The maximum absolute atomic E-state index is 10.6. The van der Waals surface area contributed by atoms with Crippen molar-refractivity contribution in [2.75, 3.05) is 14.2 Å². The van der Waals surface area contributed by atoms with Gasteiger partial charge in [0.25, 0.3) is 0 Å². The fourth-order valence-electron chi connectivity index (χ4n) is 1.94. The number of rotatable bonds is 4. The summed E-state index contributed by atoms with van der Waals surface area (Å²) in [6.07, 6.45) is -0.844. The second kappa shape index (κ2) is 6.48. The fourth-order valence-corrected chi connectivity index (χ4v) is 2.58. The smallest absolute Gasteiger partial charge is 0.128 e. The molecule has 0 aliphatic carbocycles. The van der Waals surface area contributed by atoms with Gasteiger partial charge in [0.1, 0.15) is 17.6 Å². The highest BCUT2D eigenvalue weighted by molar-refractivity contribution is 9.10. The highest BCUT2D eigenvalue weighted by atomic mass is 79.9. The maximum atomic E-state index is 10.6. The van der Waals surface area contributed by atoms with E-state index in [2.05, 4.69) is 15.9 Å². The third kappa shape index (κ3) is 3.08. The highest BCUT2D eigenvalue weighted by Gasteiger charge is 2.18. The van der Waals surface area contributed by atoms with E-state index in [1.54, 1.807) is 50.6 Å². The number of halogens is 2. The summed E-state index contributed by atoms with van der Waals surface area (Å²) in [6, 6.07) is 10.6. The molecule has 3 nitrogen and oxygen atoms in total. The molecule has 20 heavy (non-hydrogen) atoms. The Hall–Kier alpha value is -1.23. The van der Waals surface area contributed by atoms with Crippen molar-refractivity contribution < 1.29 is 14.6 Å². The lowest BCUT2D eigenvalue weighted by Crippen LogP contribution is -2.03. The minimum absolute atomic E-state index is 0.559. The number of hydrogen-bond donors (Lipinski definition) is 1. The first-order valence-corrected chi connectivity index (χ1v) is 7.09. The van der Waals surface area contributed by atoms with E-state index in [1.165, 1.54) is 0 Å². The molecule has 0 amide bonds. The Morgan fingerprint density at radius 3 is 2.45 bits per heavy atom. The highest BCUT2D eigenvalue weighted by Crippen LogP contribution is 2.36. The molecule has 0 aliphatic rings. The van der Waals surface area contributed by atoms with E-state index >= 15 is 0 Å². The summed E-state index contributed by atoms with van der Waals surface area (Å²) < 4.78 is 11.2. The zero-order valence-corrected chi connectivity index (χ0v) is 13.4. The van der Waals surface area contributed by atoms with Gasteiger partial charge >= 0.3 is 0 Å². The van der Waals surface area contributed by atoms with E-state index in [0.717, 1.165) is 4.47 Å². The molecule has 1 N–H and O–H groups in total. The standard InChI is InChI=1S/C15H14BrClO3/c1-19-10-4-5-11(14(8-10)20-2)15(18)12-7-9(17)3-6-13(12)16/h3-8,15,18H,1-2H3. The molecular weight excluding hydrogens is 344 g/mol. The summed E-state index contributed by atoms with van der Waals surface area (Å²) >= 11 is 9.41. The van der Waals surface area contributed by atoms with Crippen LogP contribution < -0.4 is 9.47 Å². The third-order valence-corrected chi connectivity index (χ3v) is 3.95. The lowest BCUT2D eigenvalue weighted by molar-refractivity contribution is 0.213. The predicted molar refractivity (Wildman–Crippen MR) is 82.8 cm³/mol. The summed E-state index contributed by atoms with van der Waals surface area (Å²) in [6.45, 7) is 0. The van der Waals surface area contributed by atoms with Crippen molar-refractivity contribution >= 4 is 27.5 Å². The number of aliphatic hydroxyl groups is 1. The quantitative estimate of drug-likeness (QED) is 0.891. The molecule has 1 atom stereocenters. The van der Waals surface area contributed by atoms with Gasteiger partial charge in [-0.25, -0.2) is 0 Å². The van der Waals surface area contributed by atoms with Gasteiger partial charge in [-0.05, 0) is 30.3 Å². The first kappa shape index (κ1) is 15.2. The van der Waals surface area contributed by atoms with E-state index in [0.29, 0.717) is 27.6 Å². The predicted octanol–water partition coefficient (Wildman–Crippen LogP) is 4.20. The van der Waals surface area contributed by atoms with Crippen molar-refractivity contribution in [1.29, 1.82) is 0 Å². The summed E-state index contributed by atoms with van der Waals surface area (Å²) in [5.74, 6) is 1.23. The van der Waals surface area contributed by atoms with E-state index in [1.807, 2.05) is 0 Å². The number of benzene rings is 2. The Morgan fingerprint density at radius 1 is 1.05 bits per heavy atom. The molecule has 106 valence electrons. The van der Waals surface area contributed by atoms with Gasteiger partial charge in [-0.3, -0.25) is 0 Å². The van der Waals surface area contributed by atoms with Gasteiger partial charge in [0.05, 0.1) is 14.2 Å². The molecule has 0 saturated carbocycles. The van der Waals surface area contributed by atoms with Crippen molar-refractivity contribution in [1.82, 2.24) is 0 Å². The Bertz CT molecular complexity index is 616. The number of ether oxygens (including phenoxy) is 2. The Kier molecular flexibility index (Phi) is 4.91. The lowest BCUT2D eigenvalue weighted by atomic mass is 10.0. The van der Waals surface area contributed by atoms with Crippen LogP contribution in [0.15, 0.2) is 40.9 Å². The third-order valence-electron chi connectivity index (χ3n) is 2.99. The van der Waals surface area contributed by atoms with Crippen LogP contribution in [0.2, 0.25) is 5.02 Å². The van der Waals surface area contributed by atoms with Crippen LogP contribution in [-0.2, 0) is 0 Å². The van der Waals surface area contributed by atoms with Crippen LogP contribution >= 0.6 is 27.5 Å². The van der Waals surface area contributed by atoms with Crippen molar-refractivity contribution in [3.05, 3.63) is 57.0 Å².